The van der Waals surface area contributed by atoms with Gasteiger partial charge in [0, 0.05) is 10.5 Å². The van der Waals surface area contributed by atoms with Gasteiger partial charge in [-0.1, -0.05) is 76.8 Å². The van der Waals surface area contributed by atoms with Gasteiger partial charge in [-0.05, 0) is 55.5 Å². The number of benzene rings is 2. The normalized spacial score (nSPS) is 11.5. The van der Waals surface area contributed by atoms with Gasteiger partial charge in [0.25, 0.3) is 0 Å². The van der Waals surface area contributed by atoms with Crippen LogP contribution in [0.15, 0.2) is 63.2 Å². The number of carbonyl (C=O) groups excluding carboxylic acids is 1. The van der Waals surface area contributed by atoms with Gasteiger partial charge in [0.2, 0.25) is 9.84 Å². The molecule has 3 nitrogen and oxygen atoms in total. The molecule has 0 atom stereocenters. The summed E-state index contributed by atoms with van der Waals surface area (Å²) in [6, 6.07) is 13.2. The summed E-state index contributed by atoms with van der Waals surface area (Å²) in [4.78, 5) is 13.0. The number of thioether (sulfide) groups is 1. The van der Waals surface area contributed by atoms with Crippen molar-refractivity contribution in [3.63, 3.8) is 0 Å². The van der Waals surface area contributed by atoms with E-state index in [0.717, 1.165) is 10.6 Å². The van der Waals surface area contributed by atoms with E-state index in [9.17, 15) is 13.2 Å². The molecule has 2 rings (SSSR count). The van der Waals surface area contributed by atoms with Gasteiger partial charge in [-0.25, -0.2) is 8.42 Å². The summed E-state index contributed by atoms with van der Waals surface area (Å²) >= 11 is 1.79. The largest absolute Gasteiger partial charge is 0.295 e. The van der Waals surface area contributed by atoms with E-state index in [2.05, 4.69) is 6.92 Å². The predicted molar refractivity (Wildman–Crippen MR) is 131 cm³/mol. The van der Waals surface area contributed by atoms with E-state index in [1.807, 2.05) is 12.1 Å². The van der Waals surface area contributed by atoms with E-state index in [1.54, 1.807) is 36.0 Å². The molecule has 0 N–H and O–H groups in total. The van der Waals surface area contributed by atoms with E-state index in [-0.39, 0.29) is 15.6 Å². The lowest BCUT2D eigenvalue weighted by Gasteiger charge is -2.07. The standard InChI is InChI=1S/C26H36O3S2/c1-3-4-5-6-7-8-9-10-11-12-21-30-24-15-19-26(20-16-24)31(28,29)25-17-13-23(14-18-25)22(2)27/h13-20H,3-12,21H2,1-2H3. The molecule has 31 heavy (non-hydrogen) atoms. The molecule has 0 aliphatic carbocycles. The Balaban J connectivity index is 1.71. The molecule has 0 aliphatic heterocycles. The summed E-state index contributed by atoms with van der Waals surface area (Å²) in [5.41, 5.74) is 0.512. The summed E-state index contributed by atoms with van der Waals surface area (Å²) in [6.07, 6.45) is 13.3. The highest BCUT2D eigenvalue weighted by Gasteiger charge is 2.17. The van der Waals surface area contributed by atoms with Crippen molar-refractivity contribution in [3.8, 4) is 0 Å². The number of hydrogen-bond donors (Lipinski definition) is 0. The molecule has 0 radical (unpaired) electrons. The van der Waals surface area contributed by atoms with Crippen LogP contribution in [0, 0.1) is 0 Å². The fraction of sp³-hybridized carbons (Fsp3) is 0.500. The van der Waals surface area contributed by atoms with E-state index < -0.39 is 9.84 Å². The first kappa shape index (κ1) is 25.7. The Morgan fingerprint density at radius 3 is 1.65 bits per heavy atom. The number of unbranched alkanes of at least 4 members (excludes halogenated alkanes) is 9. The topological polar surface area (TPSA) is 51.2 Å². The molecule has 0 heterocycles. The monoisotopic (exact) mass is 460 g/mol. The molecule has 0 aromatic heterocycles. The van der Waals surface area contributed by atoms with Crippen LogP contribution in [0.2, 0.25) is 0 Å². The summed E-state index contributed by atoms with van der Waals surface area (Å²) in [5, 5.41) is 0. The van der Waals surface area contributed by atoms with E-state index in [4.69, 9.17) is 0 Å². The molecule has 0 saturated carbocycles. The Morgan fingerprint density at radius 1 is 0.710 bits per heavy atom. The SMILES string of the molecule is CCCCCCCCCCCCSc1ccc(S(=O)(=O)c2ccc(C(C)=O)cc2)cc1. The van der Waals surface area contributed by atoms with Crippen molar-refractivity contribution < 1.29 is 13.2 Å². The van der Waals surface area contributed by atoms with E-state index in [1.165, 1.54) is 83.3 Å². The average molecular weight is 461 g/mol. The molecule has 0 saturated heterocycles. The molecule has 0 fully saturated rings. The molecule has 170 valence electrons. The van der Waals surface area contributed by atoms with Crippen LogP contribution in [0.3, 0.4) is 0 Å². The van der Waals surface area contributed by atoms with Crippen LogP contribution in [-0.2, 0) is 9.84 Å². The van der Waals surface area contributed by atoms with Crippen LogP contribution in [0.5, 0.6) is 0 Å². The molecule has 0 unspecified atom stereocenters. The zero-order valence-corrected chi connectivity index (χ0v) is 20.6. The number of carbonyl (C=O) groups is 1. The molecule has 5 heteroatoms. The maximum Gasteiger partial charge on any atom is 0.206 e. The fourth-order valence-electron chi connectivity index (χ4n) is 3.50. The van der Waals surface area contributed by atoms with Gasteiger partial charge >= 0.3 is 0 Å². The third-order valence-electron chi connectivity index (χ3n) is 5.47. The number of rotatable bonds is 15. The second-order valence-corrected chi connectivity index (χ2v) is 11.2. The predicted octanol–water partition coefficient (Wildman–Crippen LogP) is 7.74. The summed E-state index contributed by atoms with van der Waals surface area (Å²) in [6.45, 7) is 3.72. The van der Waals surface area contributed by atoms with Crippen molar-refractivity contribution in [3.05, 3.63) is 54.1 Å². The lowest BCUT2D eigenvalue weighted by atomic mass is 10.1. The minimum absolute atomic E-state index is 0.0762. The Morgan fingerprint density at radius 2 is 1.16 bits per heavy atom. The average Bonchev–Trinajstić information content (AvgIpc) is 2.78. The zero-order chi connectivity index (χ0) is 22.5. The Bertz CT molecular complexity index is 885. The van der Waals surface area contributed by atoms with Crippen molar-refractivity contribution in [2.24, 2.45) is 0 Å². The summed E-state index contributed by atoms with van der Waals surface area (Å²) < 4.78 is 25.6. The molecular weight excluding hydrogens is 424 g/mol. The molecule has 2 aromatic carbocycles. The van der Waals surface area contributed by atoms with Gasteiger partial charge in [0.1, 0.15) is 0 Å². The highest BCUT2D eigenvalue weighted by atomic mass is 32.2. The van der Waals surface area contributed by atoms with Gasteiger partial charge < -0.3 is 0 Å². The smallest absolute Gasteiger partial charge is 0.206 e. The summed E-state index contributed by atoms with van der Waals surface area (Å²) in [5.74, 6) is 0.988. The highest BCUT2D eigenvalue weighted by molar-refractivity contribution is 7.99. The van der Waals surface area contributed by atoms with Crippen molar-refractivity contribution in [1.82, 2.24) is 0 Å². The number of sulfone groups is 1. The maximum absolute atomic E-state index is 12.8. The molecule has 2 aromatic rings. The van der Waals surface area contributed by atoms with Crippen molar-refractivity contribution in [1.29, 1.82) is 0 Å². The number of Topliss-reactive ketones (excluding diaryl/α,β-unsaturated/α-hetero) is 1. The van der Waals surface area contributed by atoms with Gasteiger partial charge in [-0.2, -0.15) is 0 Å². The highest BCUT2D eigenvalue weighted by Crippen LogP contribution is 2.26. The molecule has 0 amide bonds. The zero-order valence-electron chi connectivity index (χ0n) is 18.9. The third-order valence-corrected chi connectivity index (χ3v) is 8.36. The minimum Gasteiger partial charge on any atom is -0.295 e. The van der Waals surface area contributed by atoms with Crippen LogP contribution in [0.25, 0.3) is 0 Å². The van der Waals surface area contributed by atoms with Crippen molar-refractivity contribution in [2.75, 3.05) is 5.75 Å². The molecule has 0 spiro atoms. The first-order valence-corrected chi connectivity index (χ1v) is 14.0. The van der Waals surface area contributed by atoms with Gasteiger partial charge in [-0.3, -0.25) is 4.79 Å². The summed E-state index contributed by atoms with van der Waals surface area (Å²) in [7, 11) is -3.56. The second-order valence-electron chi connectivity index (χ2n) is 8.09. The molecule has 0 bridgehead atoms. The van der Waals surface area contributed by atoms with Crippen LogP contribution in [0.1, 0.15) is 88.4 Å². The van der Waals surface area contributed by atoms with E-state index >= 15 is 0 Å². The molecular formula is C26H36O3S2. The fourth-order valence-corrected chi connectivity index (χ4v) is 5.67. The van der Waals surface area contributed by atoms with Gasteiger partial charge in [-0.15, -0.1) is 11.8 Å². The van der Waals surface area contributed by atoms with Crippen LogP contribution in [0.4, 0.5) is 0 Å². The van der Waals surface area contributed by atoms with Crippen LogP contribution >= 0.6 is 11.8 Å². The minimum atomic E-state index is -3.56. The van der Waals surface area contributed by atoms with Gasteiger partial charge in [0.05, 0.1) is 9.79 Å². The third kappa shape index (κ3) is 8.82. The quantitative estimate of drug-likeness (QED) is 0.155. The van der Waals surface area contributed by atoms with Crippen LogP contribution < -0.4 is 0 Å². The van der Waals surface area contributed by atoms with E-state index in [0.29, 0.717) is 5.56 Å². The first-order valence-electron chi connectivity index (χ1n) is 11.5. The van der Waals surface area contributed by atoms with Crippen LogP contribution in [-0.4, -0.2) is 20.0 Å². The Kier molecular flexibility index (Phi) is 11.4. The Hall–Kier alpha value is -1.59. The number of hydrogen-bond acceptors (Lipinski definition) is 4. The second kappa shape index (κ2) is 13.7. The number of ketones is 1. The van der Waals surface area contributed by atoms with Crippen molar-refractivity contribution in [2.45, 2.75) is 92.7 Å². The maximum atomic E-state index is 12.8. The molecule has 0 aliphatic rings. The lowest BCUT2D eigenvalue weighted by Crippen LogP contribution is -2.02. The van der Waals surface area contributed by atoms with Gasteiger partial charge in [0.15, 0.2) is 5.78 Å². The van der Waals surface area contributed by atoms with Crippen molar-refractivity contribution >= 4 is 27.4 Å². The Labute approximate surface area is 193 Å². The lowest BCUT2D eigenvalue weighted by molar-refractivity contribution is 0.101. The first-order chi connectivity index (χ1) is 14.9.